The topological polar surface area (TPSA) is 67.4 Å². The SMILES string of the molecule is CCN(CC)c1ncc(Cl)c(C(=O)NC2CCOc3ccccc32)n1. The van der Waals surface area contributed by atoms with E-state index in [0.717, 1.165) is 24.4 Å². The molecule has 6 nitrogen and oxygen atoms in total. The maximum Gasteiger partial charge on any atom is 0.272 e. The quantitative estimate of drug-likeness (QED) is 0.886. The zero-order valence-corrected chi connectivity index (χ0v) is 15.1. The van der Waals surface area contributed by atoms with Gasteiger partial charge in [-0.05, 0) is 19.9 Å². The molecule has 1 aliphatic heterocycles. The Hall–Kier alpha value is -2.34. The average Bonchev–Trinajstić information content (AvgIpc) is 2.64. The van der Waals surface area contributed by atoms with Gasteiger partial charge in [-0.25, -0.2) is 9.97 Å². The molecule has 132 valence electrons. The molecule has 1 atom stereocenters. The highest BCUT2D eigenvalue weighted by atomic mass is 35.5. The number of para-hydroxylation sites is 1. The van der Waals surface area contributed by atoms with Gasteiger partial charge in [0.15, 0.2) is 5.69 Å². The molecule has 1 amide bonds. The number of anilines is 1. The van der Waals surface area contributed by atoms with E-state index in [2.05, 4.69) is 15.3 Å². The van der Waals surface area contributed by atoms with Gasteiger partial charge >= 0.3 is 0 Å². The number of rotatable bonds is 5. The van der Waals surface area contributed by atoms with Crippen LogP contribution in [0.4, 0.5) is 5.95 Å². The highest BCUT2D eigenvalue weighted by Gasteiger charge is 2.25. The molecular weight excluding hydrogens is 340 g/mol. The van der Waals surface area contributed by atoms with Crippen LogP contribution in [0, 0.1) is 0 Å². The number of carbonyl (C=O) groups is 1. The number of fused-ring (bicyclic) bond motifs is 1. The summed E-state index contributed by atoms with van der Waals surface area (Å²) in [6, 6.07) is 7.59. The van der Waals surface area contributed by atoms with Crippen molar-refractivity contribution in [2.24, 2.45) is 0 Å². The van der Waals surface area contributed by atoms with Crippen LogP contribution < -0.4 is 15.0 Å². The maximum absolute atomic E-state index is 12.7. The third kappa shape index (κ3) is 3.69. The van der Waals surface area contributed by atoms with Crippen molar-refractivity contribution in [3.8, 4) is 5.75 Å². The van der Waals surface area contributed by atoms with E-state index < -0.39 is 0 Å². The standard InChI is InChI=1S/C18H21ClN4O2/c1-3-23(4-2)18-20-11-13(19)16(22-18)17(24)21-14-9-10-25-15-8-6-5-7-12(14)15/h5-8,11,14H,3-4,9-10H2,1-2H3,(H,21,24). The number of nitrogens with zero attached hydrogens (tertiary/aromatic N) is 3. The average molecular weight is 361 g/mol. The minimum Gasteiger partial charge on any atom is -0.493 e. The fraction of sp³-hybridized carbons (Fsp3) is 0.389. The molecule has 2 heterocycles. The van der Waals surface area contributed by atoms with Crippen LogP contribution in [0.5, 0.6) is 5.75 Å². The molecule has 0 saturated heterocycles. The Morgan fingerprint density at radius 3 is 2.88 bits per heavy atom. The monoisotopic (exact) mass is 360 g/mol. The molecule has 0 fully saturated rings. The molecule has 1 N–H and O–H groups in total. The molecule has 1 aromatic heterocycles. The number of amides is 1. The van der Waals surface area contributed by atoms with E-state index in [1.165, 1.54) is 6.20 Å². The van der Waals surface area contributed by atoms with Crippen molar-refractivity contribution in [3.05, 3.63) is 46.7 Å². The summed E-state index contributed by atoms with van der Waals surface area (Å²) in [5.74, 6) is 1.01. The number of ether oxygens (including phenoxy) is 1. The first-order chi connectivity index (χ1) is 12.1. The molecule has 1 unspecified atom stereocenters. The molecular formula is C18H21ClN4O2. The van der Waals surface area contributed by atoms with E-state index in [0.29, 0.717) is 19.0 Å². The molecule has 0 bridgehead atoms. The maximum atomic E-state index is 12.7. The molecule has 3 rings (SSSR count). The second-order valence-electron chi connectivity index (χ2n) is 5.74. The third-order valence-corrected chi connectivity index (χ3v) is 4.53. The molecule has 7 heteroatoms. The Morgan fingerprint density at radius 1 is 1.36 bits per heavy atom. The fourth-order valence-corrected chi connectivity index (χ4v) is 3.07. The van der Waals surface area contributed by atoms with Crippen molar-refractivity contribution in [1.82, 2.24) is 15.3 Å². The number of carbonyl (C=O) groups excluding carboxylic acids is 1. The van der Waals surface area contributed by atoms with E-state index >= 15 is 0 Å². The second-order valence-corrected chi connectivity index (χ2v) is 6.15. The Bertz CT molecular complexity index is 764. The highest BCUT2D eigenvalue weighted by molar-refractivity contribution is 6.33. The van der Waals surface area contributed by atoms with Gasteiger partial charge in [0, 0.05) is 25.1 Å². The van der Waals surface area contributed by atoms with Gasteiger partial charge in [0.25, 0.3) is 5.91 Å². The van der Waals surface area contributed by atoms with Crippen molar-refractivity contribution >= 4 is 23.5 Å². The van der Waals surface area contributed by atoms with Crippen molar-refractivity contribution < 1.29 is 9.53 Å². The van der Waals surface area contributed by atoms with Crippen LogP contribution in [0.15, 0.2) is 30.5 Å². The van der Waals surface area contributed by atoms with Crippen LogP contribution in [-0.2, 0) is 0 Å². The largest absolute Gasteiger partial charge is 0.493 e. The van der Waals surface area contributed by atoms with Gasteiger partial charge in [-0.1, -0.05) is 29.8 Å². The zero-order valence-electron chi connectivity index (χ0n) is 14.3. The van der Waals surface area contributed by atoms with Gasteiger partial charge < -0.3 is 15.0 Å². The number of hydrogen-bond acceptors (Lipinski definition) is 5. The van der Waals surface area contributed by atoms with Crippen LogP contribution in [0.2, 0.25) is 5.02 Å². The lowest BCUT2D eigenvalue weighted by Gasteiger charge is -2.26. The highest BCUT2D eigenvalue weighted by Crippen LogP contribution is 2.32. The summed E-state index contributed by atoms with van der Waals surface area (Å²) in [4.78, 5) is 23.3. The first kappa shape index (κ1) is 17.5. The number of halogens is 1. The molecule has 2 aromatic rings. The van der Waals surface area contributed by atoms with Crippen LogP contribution >= 0.6 is 11.6 Å². The number of benzene rings is 1. The predicted molar refractivity (Wildman–Crippen MR) is 97.4 cm³/mol. The molecule has 0 spiro atoms. The number of nitrogens with one attached hydrogen (secondary N) is 1. The summed E-state index contributed by atoms with van der Waals surface area (Å²) in [7, 11) is 0. The van der Waals surface area contributed by atoms with Gasteiger partial charge in [-0.2, -0.15) is 0 Å². The summed E-state index contributed by atoms with van der Waals surface area (Å²) < 4.78 is 5.63. The van der Waals surface area contributed by atoms with E-state index in [9.17, 15) is 4.79 Å². The van der Waals surface area contributed by atoms with Crippen LogP contribution in [0.3, 0.4) is 0 Å². The molecule has 0 radical (unpaired) electrons. The smallest absolute Gasteiger partial charge is 0.272 e. The molecule has 25 heavy (non-hydrogen) atoms. The summed E-state index contributed by atoms with van der Waals surface area (Å²) in [5.41, 5.74) is 1.17. The van der Waals surface area contributed by atoms with Crippen LogP contribution in [-0.4, -0.2) is 35.6 Å². The van der Waals surface area contributed by atoms with Crippen molar-refractivity contribution in [3.63, 3.8) is 0 Å². The van der Waals surface area contributed by atoms with Gasteiger partial charge in [0.05, 0.1) is 23.9 Å². The second kappa shape index (κ2) is 7.70. The zero-order chi connectivity index (χ0) is 17.8. The molecule has 0 saturated carbocycles. The summed E-state index contributed by atoms with van der Waals surface area (Å²) in [5, 5.41) is 3.27. The Morgan fingerprint density at radius 2 is 2.12 bits per heavy atom. The van der Waals surface area contributed by atoms with Crippen molar-refractivity contribution in [2.45, 2.75) is 26.3 Å². The molecule has 1 aromatic carbocycles. The van der Waals surface area contributed by atoms with E-state index in [1.54, 1.807) is 0 Å². The lowest BCUT2D eigenvalue weighted by Crippen LogP contribution is -2.33. The van der Waals surface area contributed by atoms with E-state index in [4.69, 9.17) is 16.3 Å². The van der Waals surface area contributed by atoms with Crippen LogP contribution in [0.1, 0.15) is 42.4 Å². The minimum absolute atomic E-state index is 0.125. The Balaban J connectivity index is 1.83. The summed E-state index contributed by atoms with van der Waals surface area (Å²) >= 11 is 6.17. The van der Waals surface area contributed by atoms with Crippen LogP contribution in [0.25, 0.3) is 0 Å². The first-order valence-corrected chi connectivity index (χ1v) is 8.81. The predicted octanol–water partition coefficient (Wildman–Crippen LogP) is 3.23. The van der Waals surface area contributed by atoms with Gasteiger partial charge in [0.1, 0.15) is 5.75 Å². The van der Waals surface area contributed by atoms with E-state index in [-0.39, 0.29) is 22.7 Å². The van der Waals surface area contributed by atoms with E-state index in [1.807, 2.05) is 43.0 Å². The molecule has 1 aliphatic rings. The van der Waals surface area contributed by atoms with Crippen molar-refractivity contribution in [1.29, 1.82) is 0 Å². The lowest BCUT2D eigenvalue weighted by molar-refractivity contribution is 0.0920. The lowest BCUT2D eigenvalue weighted by atomic mass is 10.0. The van der Waals surface area contributed by atoms with Crippen molar-refractivity contribution in [2.75, 3.05) is 24.6 Å². The number of hydrogen-bond donors (Lipinski definition) is 1. The first-order valence-electron chi connectivity index (χ1n) is 8.44. The number of aromatic nitrogens is 2. The van der Waals surface area contributed by atoms with Gasteiger partial charge in [-0.3, -0.25) is 4.79 Å². The summed E-state index contributed by atoms with van der Waals surface area (Å²) in [6.07, 6.45) is 2.18. The van der Waals surface area contributed by atoms with Gasteiger partial charge in [-0.15, -0.1) is 0 Å². The minimum atomic E-state index is -0.303. The third-order valence-electron chi connectivity index (χ3n) is 4.26. The van der Waals surface area contributed by atoms with Gasteiger partial charge in [0.2, 0.25) is 5.95 Å². The fourth-order valence-electron chi connectivity index (χ4n) is 2.89. The Labute approximate surface area is 152 Å². The molecule has 0 aliphatic carbocycles. The normalized spacial score (nSPS) is 15.9. The summed E-state index contributed by atoms with van der Waals surface area (Å²) in [6.45, 7) is 6.10. The Kier molecular flexibility index (Phi) is 5.38.